The number of esters is 4. The molecule has 18 nitrogen and oxygen atoms in total. The molecule has 5 rings (SSSR count). The fraction of sp³-hybridized carbons (Fsp3) is 0.745. The number of hydrogen-bond acceptors (Lipinski definition) is 17. The van der Waals surface area contributed by atoms with Gasteiger partial charge < -0.3 is 63.0 Å². The average molecular weight is 1010 g/mol. The van der Waals surface area contributed by atoms with Crippen molar-refractivity contribution in [2.45, 2.75) is 213 Å². The van der Waals surface area contributed by atoms with Crippen LogP contribution in [0.3, 0.4) is 0 Å². The summed E-state index contributed by atoms with van der Waals surface area (Å²) in [5, 5.41) is 41.4. The van der Waals surface area contributed by atoms with Crippen molar-refractivity contribution in [3.63, 3.8) is 0 Å². The number of rotatable bonds is 18. The van der Waals surface area contributed by atoms with E-state index < -0.39 is 139 Å². The van der Waals surface area contributed by atoms with E-state index in [-0.39, 0.29) is 36.3 Å². The topological polar surface area (TPSA) is 241 Å². The summed E-state index contributed by atoms with van der Waals surface area (Å²) in [4.78, 5) is 69.8. The number of alkyl carbamates (subject to hydrolysis) is 1. The fourth-order valence-electron chi connectivity index (χ4n) is 11.6. The van der Waals surface area contributed by atoms with Gasteiger partial charge in [0.05, 0.1) is 36.3 Å². The Morgan fingerprint density at radius 2 is 1.54 bits per heavy atom. The Morgan fingerprint density at radius 3 is 2.04 bits per heavy atom. The van der Waals surface area contributed by atoms with Gasteiger partial charge in [-0.1, -0.05) is 59.7 Å². The van der Waals surface area contributed by atoms with Crippen molar-refractivity contribution in [3.8, 4) is 0 Å². The van der Waals surface area contributed by atoms with Crippen molar-refractivity contribution < 1.29 is 81.6 Å². The summed E-state index contributed by atoms with van der Waals surface area (Å²) >= 11 is 0. The Labute approximate surface area is 413 Å². The van der Waals surface area contributed by atoms with E-state index in [9.17, 15) is 39.3 Å². The minimum atomic E-state index is -2.61. The second-order valence-corrected chi connectivity index (χ2v) is 25.9. The standard InChI is InChI=1S/C51H79NO17Si/c1-16-61-32(9)64-40(38(29(6)53)52-46(59)68-47(10,11)12)45(58)65-34-26-51(60)43(66-44(57)33-23-21-20-22-24-33)41-49(15,42(56)39(63-30(7)54)37(28(34)5)48(51,13)14)35(69-70(17-2,18-3)19-4)25-36-50(41,27-62-36)67-31(8)55/h20-24,29,32,34-36,38-43,53,56,60H,16-19,25-27H2,1-15H3,(H,52,59)/t29?,32?,34-,35-,36+,38+,39+,40+,41-,42-,43-,49+,50-,51+/m0/s1. The largest absolute Gasteiger partial charge is 0.456 e. The molecule has 1 saturated heterocycles. The molecule has 19 heteroatoms. The van der Waals surface area contributed by atoms with Crippen LogP contribution < -0.4 is 5.32 Å². The van der Waals surface area contributed by atoms with E-state index in [0.29, 0.717) is 18.1 Å². The van der Waals surface area contributed by atoms with Crippen LogP contribution in [0.2, 0.25) is 18.1 Å². The Morgan fingerprint density at radius 1 is 0.929 bits per heavy atom. The normalized spacial score (nSPS) is 32.2. The molecule has 1 aromatic rings. The second kappa shape index (κ2) is 21.6. The van der Waals surface area contributed by atoms with Crippen molar-refractivity contribution in [1.82, 2.24) is 5.32 Å². The molecule has 3 aliphatic carbocycles. The first kappa shape index (κ1) is 57.0. The Balaban J connectivity index is 1.83. The fourth-order valence-corrected chi connectivity index (χ4v) is 14.5. The highest BCUT2D eigenvalue weighted by Gasteiger charge is 2.78. The molecule has 3 fully saturated rings. The van der Waals surface area contributed by atoms with E-state index in [0.717, 1.165) is 0 Å². The van der Waals surface area contributed by atoms with Crippen LogP contribution in [0.1, 0.15) is 127 Å². The third-order valence-corrected chi connectivity index (χ3v) is 20.1. The van der Waals surface area contributed by atoms with Crippen LogP contribution in [0.5, 0.6) is 0 Å². The molecule has 2 bridgehead atoms. The molecule has 2 saturated carbocycles. The van der Waals surface area contributed by atoms with E-state index in [2.05, 4.69) is 26.1 Å². The zero-order valence-electron chi connectivity index (χ0n) is 43.7. The number of hydrogen-bond donors (Lipinski definition) is 4. The number of benzene rings is 1. The summed E-state index contributed by atoms with van der Waals surface area (Å²) in [5.74, 6) is -4.80. The predicted octanol–water partition coefficient (Wildman–Crippen LogP) is 6.07. The van der Waals surface area contributed by atoms with Gasteiger partial charge in [0.15, 0.2) is 32.4 Å². The van der Waals surface area contributed by atoms with E-state index in [1.165, 1.54) is 27.7 Å². The SMILES string of the molecule is CCOC(C)O[C@@H](C(=O)O[C@H]1C[C@@]2(O)[C@@H](OC(=O)c3ccccc3)[C@@H]3[C@]4(OC(C)=O)CO[C@@H]4C[C@H](O[Si](CC)(CC)CC)[C@@]3(C)[C@@H](O)[C@H](OC(C)=O)C(=C1C)C2(C)C)[C@H](NC(=O)OC(C)(C)C)C(C)O. The number of fused-ring (bicyclic) bond motifs is 5. The molecule has 394 valence electrons. The van der Waals surface area contributed by atoms with E-state index in [1.54, 1.807) is 85.7 Å². The van der Waals surface area contributed by atoms with Gasteiger partial charge in [-0.05, 0) is 89.9 Å². The van der Waals surface area contributed by atoms with Gasteiger partial charge in [0, 0.05) is 44.1 Å². The summed E-state index contributed by atoms with van der Waals surface area (Å²) in [7, 11) is -2.61. The quantitative estimate of drug-likeness (QED) is 0.0429. The van der Waals surface area contributed by atoms with Gasteiger partial charge in [-0.25, -0.2) is 14.4 Å². The molecule has 1 heterocycles. The number of nitrogens with one attached hydrogen (secondary N) is 1. The lowest BCUT2D eigenvalue weighted by Gasteiger charge is -2.70. The molecule has 1 aromatic carbocycles. The molecular formula is C51H79NO17Si. The van der Waals surface area contributed by atoms with Crippen molar-refractivity contribution in [2.75, 3.05) is 13.2 Å². The van der Waals surface area contributed by atoms with Crippen molar-refractivity contribution >= 4 is 38.3 Å². The maximum atomic E-state index is 14.9. The Kier molecular flexibility index (Phi) is 17.6. The van der Waals surface area contributed by atoms with Gasteiger partial charge in [-0.3, -0.25) is 9.59 Å². The summed E-state index contributed by atoms with van der Waals surface area (Å²) in [6, 6.07) is 8.77. The monoisotopic (exact) mass is 1010 g/mol. The molecule has 0 spiro atoms. The molecule has 70 heavy (non-hydrogen) atoms. The zero-order valence-corrected chi connectivity index (χ0v) is 44.7. The van der Waals surface area contributed by atoms with E-state index in [4.69, 9.17) is 42.3 Å². The number of aliphatic hydroxyl groups excluding tert-OH is 2. The molecule has 14 atom stereocenters. The van der Waals surface area contributed by atoms with E-state index in [1.807, 2.05) is 0 Å². The Bertz CT molecular complexity index is 2080. The molecule has 0 radical (unpaired) electrons. The lowest BCUT2D eigenvalue weighted by Crippen LogP contribution is -2.83. The number of carbonyl (C=O) groups is 5. The molecule has 4 N–H and O–H groups in total. The highest BCUT2D eigenvalue weighted by Crippen LogP contribution is 2.66. The first-order chi connectivity index (χ1) is 32.5. The predicted molar refractivity (Wildman–Crippen MR) is 256 cm³/mol. The molecule has 2 unspecified atom stereocenters. The third kappa shape index (κ3) is 10.9. The van der Waals surface area contributed by atoms with Crippen LogP contribution in [0.15, 0.2) is 41.5 Å². The first-order valence-corrected chi connectivity index (χ1v) is 27.2. The van der Waals surface area contributed by atoms with Crippen molar-refractivity contribution in [2.24, 2.45) is 16.7 Å². The Hall–Kier alpha value is -3.95. The van der Waals surface area contributed by atoms with Gasteiger partial charge in [0.25, 0.3) is 0 Å². The molecule has 1 aliphatic heterocycles. The lowest BCUT2D eigenvalue weighted by atomic mass is 9.44. The molecular weight excluding hydrogens is 927 g/mol. The summed E-state index contributed by atoms with van der Waals surface area (Å²) in [5.41, 5.74) is -7.63. The second-order valence-electron chi connectivity index (χ2n) is 21.2. The van der Waals surface area contributed by atoms with Crippen LogP contribution in [0, 0.1) is 16.7 Å². The van der Waals surface area contributed by atoms with Crippen LogP contribution in [-0.2, 0) is 56.7 Å². The minimum absolute atomic E-state index is 0.127. The van der Waals surface area contributed by atoms with Crippen LogP contribution in [0.4, 0.5) is 4.79 Å². The summed E-state index contributed by atoms with van der Waals surface area (Å²) in [6.07, 6.45) is -13.8. The van der Waals surface area contributed by atoms with Gasteiger partial charge in [0.1, 0.15) is 35.6 Å². The smallest absolute Gasteiger partial charge is 0.408 e. The maximum Gasteiger partial charge on any atom is 0.408 e. The highest BCUT2D eigenvalue weighted by molar-refractivity contribution is 6.73. The first-order valence-electron chi connectivity index (χ1n) is 24.7. The van der Waals surface area contributed by atoms with Crippen LogP contribution in [-0.4, -0.2) is 145 Å². The average Bonchev–Trinajstić information content (AvgIpc) is 3.26. The molecule has 4 aliphatic rings. The van der Waals surface area contributed by atoms with Gasteiger partial charge >= 0.3 is 30.0 Å². The van der Waals surface area contributed by atoms with Crippen LogP contribution >= 0.6 is 0 Å². The van der Waals surface area contributed by atoms with Crippen LogP contribution in [0.25, 0.3) is 0 Å². The summed E-state index contributed by atoms with van der Waals surface area (Å²) in [6.45, 7) is 24.8. The molecule has 0 aromatic heterocycles. The van der Waals surface area contributed by atoms with Gasteiger partial charge in [-0.15, -0.1) is 0 Å². The number of carbonyl (C=O) groups excluding carboxylic acids is 5. The zero-order chi connectivity index (χ0) is 52.5. The third-order valence-electron chi connectivity index (χ3n) is 15.5. The molecule has 1 amide bonds. The van der Waals surface area contributed by atoms with Gasteiger partial charge in [-0.2, -0.15) is 0 Å². The number of aliphatic hydroxyl groups is 3. The minimum Gasteiger partial charge on any atom is -0.456 e. The highest BCUT2D eigenvalue weighted by atomic mass is 28.4. The van der Waals surface area contributed by atoms with Gasteiger partial charge in [0.2, 0.25) is 0 Å². The van der Waals surface area contributed by atoms with Crippen molar-refractivity contribution in [3.05, 3.63) is 47.0 Å². The number of ether oxygens (including phenoxy) is 8. The summed E-state index contributed by atoms with van der Waals surface area (Å²) < 4.78 is 56.6. The number of amides is 1. The van der Waals surface area contributed by atoms with E-state index >= 15 is 0 Å². The lowest BCUT2D eigenvalue weighted by molar-refractivity contribution is -0.363. The van der Waals surface area contributed by atoms with Crippen molar-refractivity contribution in [1.29, 1.82) is 0 Å². The maximum absolute atomic E-state index is 14.9.